The summed E-state index contributed by atoms with van der Waals surface area (Å²) in [4.78, 5) is 14.3. The third-order valence-corrected chi connectivity index (χ3v) is 8.26. The van der Waals surface area contributed by atoms with Crippen LogP contribution in [-0.2, 0) is 23.6 Å². The van der Waals surface area contributed by atoms with Crippen LogP contribution in [0.1, 0.15) is 67.6 Å². The third-order valence-electron chi connectivity index (χ3n) is 8.26. The molecule has 4 aromatic rings. The second kappa shape index (κ2) is 12.2. The van der Waals surface area contributed by atoms with Crippen LogP contribution < -0.4 is 0 Å². The van der Waals surface area contributed by atoms with Gasteiger partial charge in [-0.25, -0.2) is 0 Å². The predicted molar refractivity (Wildman–Crippen MR) is 173 cm³/mol. The molecule has 5 rings (SSSR count). The van der Waals surface area contributed by atoms with E-state index in [1.807, 2.05) is 58.9 Å². The van der Waals surface area contributed by atoms with Crippen molar-refractivity contribution in [3.63, 3.8) is 0 Å². The smallest absolute Gasteiger partial charge is 0.416 e. The zero-order valence-corrected chi connectivity index (χ0v) is 26.7. The molecule has 47 heavy (non-hydrogen) atoms. The van der Waals surface area contributed by atoms with Gasteiger partial charge in [0.05, 0.1) is 27.8 Å². The van der Waals surface area contributed by atoms with Gasteiger partial charge in [-0.15, -0.1) is 0 Å². The van der Waals surface area contributed by atoms with Gasteiger partial charge in [-0.05, 0) is 78.1 Å². The zero-order valence-electron chi connectivity index (χ0n) is 26.7. The van der Waals surface area contributed by atoms with Crippen LogP contribution in [0.5, 0.6) is 0 Å². The lowest BCUT2D eigenvalue weighted by Crippen LogP contribution is -2.24. The van der Waals surface area contributed by atoms with Gasteiger partial charge in [0, 0.05) is 22.3 Å². The number of benzene rings is 3. The summed E-state index contributed by atoms with van der Waals surface area (Å²) < 4.78 is 85.0. The number of para-hydroxylation sites is 1. The Balaban J connectivity index is 1.86. The summed E-state index contributed by atoms with van der Waals surface area (Å²) >= 11 is 0. The Morgan fingerprint density at radius 2 is 1.43 bits per heavy atom. The lowest BCUT2D eigenvalue weighted by Gasteiger charge is -2.28. The molecule has 0 unspecified atom stereocenters. The lowest BCUT2D eigenvalue weighted by molar-refractivity contribution is -0.143. The van der Waals surface area contributed by atoms with Crippen LogP contribution in [0.25, 0.3) is 27.7 Å². The van der Waals surface area contributed by atoms with E-state index >= 15 is 0 Å². The van der Waals surface area contributed by atoms with Crippen LogP contribution in [0.3, 0.4) is 0 Å². The number of allylic oxidation sites excluding steroid dienone is 4. The van der Waals surface area contributed by atoms with Gasteiger partial charge in [0.15, 0.2) is 0 Å². The molecule has 246 valence electrons. The number of alkyl halides is 6. The highest BCUT2D eigenvalue weighted by molar-refractivity contribution is 6.43. The molecule has 1 heterocycles. The number of aromatic nitrogens is 1. The van der Waals surface area contributed by atoms with Crippen LogP contribution >= 0.6 is 0 Å². The summed E-state index contributed by atoms with van der Waals surface area (Å²) in [5.74, 6) is -0.678. The molecule has 0 aliphatic heterocycles. The number of aryl methyl sites for hydroxylation is 1. The number of fused-ring (bicyclic) bond motifs is 1. The van der Waals surface area contributed by atoms with E-state index in [0.717, 1.165) is 11.1 Å². The molecule has 0 saturated heterocycles. The molecule has 1 aliphatic rings. The minimum Gasteiger partial charge on any atom is -0.506 e. The Hall–Kier alpha value is -4.53. The second-order valence-corrected chi connectivity index (χ2v) is 12.9. The summed E-state index contributed by atoms with van der Waals surface area (Å²) in [6.45, 7) is 13.9. The number of nitrogens with zero attached hydrogens (tertiary/aromatic N) is 1. The van der Waals surface area contributed by atoms with Crippen LogP contribution in [0, 0.1) is 18.8 Å². The highest BCUT2D eigenvalue weighted by Gasteiger charge is 2.42. The van der Waals surface area contributed by atoms with Gasteiger partial charge in [0.2, 0.25) is 5.78 Å². The van der Waals surface area contributed by atoms with E-state index in [-0.39, 0.29) is 52.5 Å². The van der Waals surface area contributed by atoms with Crippen molar-refractivity contribution in [2.75, 3.05) is 0 Å². The fourth-order valence-corrected chi connectivity index (χ4v) is 6.33. The molecular weight excluding hydrogens is 616 g/mol. The maximum absolute atomic E-state index is 14.3. The highest BCUT2D eigenvalue weighted by Crippen LogP contribution is 2.48. The molecule has 0 amide bonds. The van der Waals surface area contributed by atoms with Gasteiger partial charge in [-0.1, -0.05) is 76.7 Å². The van der Waals surface area contributed by atoms with Crippen molar-refractivity contribution in [2.24, 2.45) is 11.8 Å². The molecular formula is C38H35F6NO2. The van der Waals surface area contributed by atoms with E-state index in [1.165, 1.54) is 4.57 Å². The van der Waals surface area contributed by atoms with Crippen molar-refractivity contribution in [3.8, 4) is 5.69 Å². The molecule has 3 aromatic carbocycles. The number of halogens is 6. The number of rotatable bonds is 8. The predicted octanol–water partition coefficient (Wildman–Crippen LogP) is 11.1. The number of carbonyl (C=O) groups is 1. The molecule has 0 spiro atoms. The van der Waals surface area contributed by atoms with Crippen molar-refractivity contribution in [1.82, 2.24) is 4.57 Å². The first kappa shape index (κ1) is 33.8. The average molecular weight is 652 g/mol. The highest BCUT2D eigenvalue weighted by atomic mass is 19.4. The second-order valence-electron chi connectivity index (χ2n) is 12.9. The third kappa shape index (κ3) is 6.27. The quantitative estimate of drug-likeness (QED) is 0.152. The van der Waals surface area contributed by atoms with E-state index in [0.29, 0.717) is 46.3 Å². The number of aliphatic hydroxyl groups is 1. The Labute approximate surface area is 269 Å². The van der Waals surface area contributed by atoms with Gasteiger partial charge in [-0.3, -0.25) is 4.79 Å². The Morgan fingerprint density at radius 1 is 0.851 bits per heavy atom. The number of ketones is 1. The van der Waals surface area contributed by atoms with Crippen LogP contribution in [0.4, 0.5) is 26.3 Å². The van der Waals surface area contributed by atoms with Crippen molar-refractivity contribution < 1.29 is 36.2 Å². The molecule has 3 nitrogen and oxygen atoms in total. The summed E-state index contributed by atoms with van der Waals surface area (Å²) in [7, 11) is 0. The van der Waals surface area contributed by atoms with Crippen molar-refractivity contribution in [2.45, 2.75) is 59.8 Å². The summed E-state index contributed by atoms with van der Waals surface area (Å²) in [5.41, 5.74) is 0.511. The largest absolute Gasteiger partial charge is 0.506 e. The zero-order chi connectivity index (χ0) is 34.6. The van der Waals surface area contributed by atoms with E-state index in [4.69, 9.17) is 0 Å². The Bertz CT molecular complexity index is 1940. The van der Waals surface area contributed by atoms with Gasteiger partial charge < -0.3 is 9.67 Å². The molecule has 0 fully saturated rings. The minimum absolute atomic E-state index is 0.0305. The van der Waals surface area contributed by atoms with Gasteiger partial charge in [-0.2, -0.15) is 26.3 Å². The molecule has 1 aliphatic carbocycles. The normalized spacial score (nSPS) is 15.2. The first-order valence-corrected chi connectivity index (χ1v) is 15.3. The fraction of sp³-hybridized carbons (Fsp3) is 0.289. The van der Waals surface area contributed by atoms with E-state index in [2.05, 4.69) is 6.58 Å². The van der Waals surface area contributed by atoms with Crippen molar-refractivity contribution in [1.29, 1.82) is 0 Å². The van der Waals surface area contributed by atoms with Gasteiger partial charge in [0.25, 0.3) is 0 Å². The molecule has 9 heteroatoms. The summed E-state index contributed by atoms with van der Waals surface area (Å²) in [6, 6.07) is 15.4. The molecule has 0 atom stereocenters. The topological polar surface area (TPSA) is 42.2 Å². The van der Waals surface area contributed by atoms with E-state index < -0.39 is 29.3 Å². The number of Topliss-reactive ketones (excluding diaryl/α,β-unsaturated/α-hetero) is 1. The molecule has 0 saturated carbocycles. The SMILES string of the molecule is C=C(CC(C)C)/C(=C1/C(=O)C(c2c(CC(C)C)n(-c3cc(C(F)(F)F)cc(C(F)(F)F)c3)c3ccccc23)=C1O)c1ccccc1C. The van der Waals surface area contributed by atoms with Gasteiger partial charge in [0.1, 0.15) is 5.76 Å². The average Bonchev–Trinajstić information content (AvgIpc) is 3.27. The van der Waals surface area contributed by atoms with Gasteiger partial charge >= 0.3 is 12.4 Å². The molecule has 1 N–H and O–H groups in total. The number of hydrogen-bond donors (Lipinski definition) is 1. The van der Waals surface area contributed by atoms with Crippen LogP contribution in [-0.4, -0.2) is 15.5 Å². The monoisotopic (exact) mass is 651 g/mol. The summed E-state index contributed by atoms with van der Waals surface area (Å²) in [5, 5.41) is 12.2. The van der Waals surface area contributed by atoms with Crippen LogP contribution in [0.15, 0.2) is 90.2 Å². The first-order chi connectivity index (χ1) is 21.9. The molecule has 1 aromatic heterocycles. The van der Waals surface area contributed by atoms with E-state index in [1.54, 1.807) is 24.3 Å². The Kier molecular flexibility index (Phi) is 8.81. The standard InChI is InChI=1S/C38H35F6NO2/c1-20(2)15-23(6)31(27-12-8-7-11-22(27)5)33-35(46)34(36(33)47)32-28-13-9-10-14-29(28)45(30(32)16-21(3)4)26-18-24(37(39,40)41)17-25(19-26)38(42,43)44/h7-14,17-21,46H,6,15-16H2,1-5H3/b33-31-. The maximum Gasteiger partial charge on any atom is 0.416 e. The van der Waals surface area contributed by atoms with Crippen LogP contribution in [0.2, 0.25) is 0 Å². The fourth-order valence-electron chi connectivity index (χ4n) is 6.33. The lowest BCUT2D eigenvalue weighted by atomic mass is 9.75. The molecule has 0 bridgehead atoms. The first-order valence-electron chi connectivity index (χ1n) is 15.3. The van der Waals surface area contributed by atoms with Crippen molar-refractivity contribution >= 4 is 27.8 Å². The van der Waals surface area contributed by atoms with E-state index in [9.17, 15) is 36.2 Å². The Morgan fingerprint density at radius 3 is 1.96 bits per heavy atom. The minimum atomic E-state index is -5.05. The summed E-state index contributed by atoms with van der Waals surface area (Å²) in [6.07, 6.45) is -9.35. The molecule has 0 radical (unpaired) electrons. The maximum atomic E-state index is 14.3. The number of carbonyl (C=O) groups excluding carboxylic acids is 1. The number of aliphatic hydroxyl groups excluding tert-OH is 1. The van der Waals surface area contributed by atoms with Crippen molar-refractivity contribution in [3.05, 3.63) is 124 Å². The number of hydrogen-bond acceptors (Lipinski definition) is 2.